The molecule has 23 heavy (non-hydrogen) atoms. The van der Waals surface area contributed by atoms with E-state index in [1.165, 1.54) is 6.42 Å². The van der Waals surface area contributed by atoms with Crippen molar-refractivity contribution in [1.29, 1.82) is 0 Å². The van der Waals surface area contributed by atoms with Crippen molar-refractivity contribution in [3.63, 3.8) is 0 Å². The van der Waals surface area contributed by atoms with Gasteiger partial charge in [-0.3, -0.25) is 0 Å². The molecule has 0 saturated heterocycles. The first-order valence-electron chi connectivity index (χ1n) is 8.24. The molecule has 1 N–H and O–H groups in total. The third-order valence-corrected chi connectivity index (χ3v) is 7.80. The average Bonchev–Trinajstić information content (AvgIpc) is 2.77. The summed E-state index contributed by atoms with van der Waals surface area (Å²) in [6, 6.07) is 5.35. The second-order valence-corrected chi connectivity index (χ2v) is 9.54. The van der Waals surface area contributed by atoms with Crippen molar-refractivity contribution in [2.75, 3.05) is 0 Å². The molecule has 0 spiro atoms. The molecule has 0 heterocycles. The lowest BCUT2D eigenvalue weighted by molar-refractivity contribution is 0.193. The molecular formula is C18H26N2O2S. The van der Waals surface area contributed by atoms with Crippen molar-refractivity contribution in [3.05, 3.63) is 29.3 Å². The van der Waals surface area contributed by atoms with Gasteiger partial charge >= 0.3 is 0 Å². The maximum absolute atomic E-state index is 12.6. The number of benzene rings is 1. The molecule has 0 radical (unpaired) electrons. The van der Waals surface area contributed by atoms with Crippen LogP contribution in [0.25, 0.3) is 0 Å². The highest BCUT2D eigenvalue weighted by Crippen LogP contribution is 2.63. The smallest absolute Gasteiger partial charge is 0.200 e. The fourth-order valence-corrected chi connectivity index (χ4v) is 5.42. The van der Waals surface area contributed by atoms with Gasteiger partial charge in [0.25, 0.3) is 10.0 Å². The van der Waals surface area contributed by atoms with E-state index in [0.29, 0.717) is 10.8 Å². The first-order valence-corrected chi connectivity index (χ1v) is 9.72. The van der Waals surface area contributed by atoms with E-state index in [4.69, 9.17) is 0 Å². The number of hydrogen-bond acceptors (Lipinski definition) is 3. The van der Waals surface area contributed by atoms with Crippen LogP contribution < -0.4 is 4.83 Å². The van der Waals surface area contributed by atoms with Crippen molar-refractivity contribution < 1.29 is 8.42 Å². The Bertz CT molecular complexity index is 780. The van der Waals surface area contributed by atoms with Gasteiger partial charge in [-0.25, -0.2) is 4.83 Å². The summed E-state index contributed by atoms with van der Waals surface area (Å²) in [5.74, 6) is 0.608. The minimum Gasteiger partial charge on any atom is -0.200 e. The number of nitrogens with one attached hydrogen (secondary N) is 1. The Labute approximate surface area is 139 Å². The highest BCUT2D eigenvalue weighted by Gasteiger charge is 2.60. The molecule has 126 valence electrons. The van der Waals surface area contributed by atoms with E-state index in [1.54, 1.807) is 6.07 Å². The van der Waals surface area contributed by atoms with Crippen molar-refractivity contribution in [3.8, 4) is 0 Å². The van der Waals surface area contributed by atoms with Gasteiger partial charge in [0.15, 0.2) is 0 Å². The van der Waals surface area contributed by atoms with Crippen molar-refractivity contribution in [1.82, 2.24) is 4.83 Å². The molecule has 5 heteroatoms. The Morgan fingerprint density at radius 1 is 1.22 bits per heavy atom. The molecule has 3 rings (SSSR count). The Hall–Kier alpha value is -1.36. The van der Waals surface area contributed by atoms with Crippen LogP contribution in [-0.4, -0.2) is 14.1 Å². The molecule has 0 aliphatic heterocycles. The van der Waals surface area contributed by atoms with Crippen LogP contribution in [0, 0.1) is 30.6 Å². The molecule has 4 nitrogen and oxygen atoms in total. The molecule has 2 atom stereocenters. The van der Waals surface area contributed by atoms with Crippen LogP contribution in [0.15, 0.2) is 28.2 Å². The zero-order valence-electron chi connectivity index (χ0n) is 14.6. The number of hydrazone groups is 1. The third-order valence-electron chi connectivity index (χ3n) is 6.43. The minimum atomic E-state index is -3.61. The molecule has 0 amide bonds. The lowest BCUT2D eigenvalue weighted by atomic mass is 9.70. The lowest BCUT2D eigenvalue weighted by Gasteiger charge is -2.34. The van der Waals surface area contributed by atoms with Gasteiger partial charge < -0.3 is 0 Å². The quantitative estimate of drug-likeness (QED) is 0.855. The highest BCUT2D eigenvalue weighted by molar-refractivity contribution is 7.89. The molecular weight excluding hydrogens is 308 g/mol. The van der Waals surface area contributed by atoms with Gasteiger partial charge in [-0.05, 0) is 56.1 Å². The Morgan fingerprint density at radius 3 is 2.43 bits per heavy atom. The van der Waals surface area contributed by atoms with Gasteiger partial charge in [-0.15, -0.1) is 0 Å². The molecule has 2 aliphatic carbocycles. The lowest BCUT2D eigenvalue weighted by Crippen LogP contribution is -2.34. The van der Waals surface area contributed by atoms with Crippen LogP contribution in [0.4, 0.5) is 0 Å². The number of nitrogens with zero attached hydrogens (tertiary/aromatic N) is 1. The van der Waals surface area contributed by atoms with Gasteiger partial charge in [0.05, 0.1) is 4.90 Å². The van der Waals surface area contributed by atoms with Crippen molar-refractivity contribution >= 4 is 15.7 Å². The second kappa shape index (κ2) is 5.07. The van der Waals surface area contributed by atoms with Crippen LogP contribution >= 0.6 is 0 Å². The monoisotopic (exact) mass is 334 g/mol. The number of fused-ring (bicyclic) bond motifs is 2. The van der Waals surface area contributed by atoms with E-state index in [1.807, 2.05) is 26.0 Å². The molecule has 2 saturated carbocycles. The molecule has 1 aromatic carbocycles. The van der Waals surface area contributed by atoms with Crippen molar-refractivity contribution in [2.45, 2.75) is 58.8 Å². The maximum Gasteiger partial charge on any atom is 0.276 e. The SMILES string of the molecule is Cc1ccc(S(=O)(=O)N/N=C2/C[C@@H]3CC[C@@]2(C)C3(C)C)c(C)c1. The van der Waals surface area contributed by atoms with E-state index in [9.17, 15) is 8.42 Å². The number of hydrogen-bond donors (Lipinski definition) is 1. The summed E-state index contributed by atoms with van der Waals surface area (Å²) in [4.78, 5) is 2.79. The fraction of sp³-hybridized carbons (Fsp3) is 0.611. The molecule has 0 aromatic heterocycles. The largest absolute Gasteiger partial charge is 0.276 e. The number of aryl methyl sites for hydroxylation is 2. The first kappa shape index (κ1) is 16.5. The summed E-state index contributed by atoms with van der Waals surface area (Å²) >= 11 is 0. The van der Waals surface area contributed by atoms with Crippen molar-refractivity contribution in [2.24, 2.45) is 21.8 Å². The topological polar surface area (TPSA) is 58.5 Å². The standard InChI is InChI=1S/C18H26N2O2S/c1-12-6-7-15(13(2)10-12)23(21,22)20-19-16-11-14-8-9-18(16,5)17(14,3)4/h6-7,10,14,20H,8-9,11H2,1-5H3/b19-16-/t14-,18+/m0/s1. The first-order chi connectivity index (χ1) is 10.6. The van der Waals surface area contributed by atoms with Crippen LogP contribution in [-0.2, 0) is 10.0 Å². The Morgan fingerprint density at radius 2 is 1.91 bits per heavy atom. The molecule has 2 bridgehead atoms. The summed E-state index contributed by atoms with van der Waals surface area (Å²) in [6.07, 6.45) is 3.21. The normalized spacial score (nSPS) is 30.8. The van der Waals surface area contributed by atoms with E-state index < -0.39 is 10.0 Å². The number of rotatable bonds is 3. The zero-order chi connectivity index (χ0) is 17.0. The van der Waals surface area contributed by atoms with E-state index >= 15 is 0 Å². The van der Waals surface area contributed by atoms with Gasteiger partial charge in [0, 0.05) is 11.1 Å². The van der Waals surface area contributed by atoms with Crippen LogP contribution in [0.2, 0.25) is 0 Å². The molecule has 0 unspecified atom stereocenters. The van der Waals surface area contributed by atoms with Crippen LogP contribution in [0.5, 0.6) is 0 Å². The zero-order valence-corrected chi connectivity index (χ0v) is 15.4. The van der Waals surface area contributed by atoms with Gasteiger partial charge in [-0.1, -0.05) is 38.5 Å². The molecule has 2 aliphatic rings. The third kappa shape index (κ3) is 2.40. The van der Waals surface area contributed by atoms with Gasteiger partial charge in [0.2, 0.25) is 0 Å². The summed E-state index contributed by atoms with van der Waals surface area (Å²) in [5.41, 5.74) is 3.00. The predicted molar refractivity (Wildman–Crippen MR) is 92.9 cm³/mol. The summed E-state index contributed by atoms with van der Waals surface area (Å²) in [5, 5.41) is 4.36. The van der Waals surface area contributed by atoms with E-state index in [-0.39, 0.29) is 10.8 Å². The minimum absolute atomic E-state index is 0.00249. The Kier molecular flexibility index (Phi) is 3.63. The van der Waals surface area contributed by atoms with Gasteiger partial charge in [-0.2, -0.15) is 13.5 Å². The predicted octanol–water partition coefficient (Wildman–Crippen LogP) is 3.78. The summed E-state index contributed by atoms with van der Waals surface area (Å²) < 4.78 is 25.1. The summed E-state index contributed by atoms with van der Waals surface area (Å²) in [7, 11) is -3.61. The van der Waals surface area contributed by atoms with E-state index in [2.05, 4.69) is 30.7 Å². The molecule has 1 aromatic rings. The van der Waals surface area contributed by atoms with E-state index in [0.717, 1.165) is 29.7 Å². The van der Waals surface area contributed by atoms with Gasteiger partial charge in [0.1, 0.15) is 0 Å². The molecule has 2 fully saturated rings. The fourth-order valence-electron chi connectivity index (χ4n) is 4.36. The summed E-state index contributed by atoms with van der Waals surface area (Å²) in [6.45, 7) is 10.6. The number of sulfonamides is 1. The highest BCUT2D eigenvalue weighted by atomic mass is 32.2. The maximum atomic E-state index is 12.6. The average molecular weight is 334 g/mol. The van der Waals surface area contributed by atoms with Crippen LogP contribution in [0.1, 0.15) is 51.2 Å². The Balaban J connectivity index is 1.88. The van der Waals surface area contributed by atoms with Crippen LogP contribution in [0.3, 0.4) is 0 Å². The second-order valence-electron chi connectivity index (χ2n) is 7.92.